The van der Waals surface area contributed by atoms with E-state index in [-0.39, 0.29) is 26.4 Å². The summed E-state index contributed by atoms with van der Waals surface area (Å²) in [6.45, 7) is 6.09. The molecule has 1 saturated carbocycles. The zero-order chi connectivity index (χ0) is 13.9. The van der Waals surface area contributed by atoms with Gasteiger partial charge in [0, 0.05) is 0 Å². The van der Waals surface area contributed by atoms with Crippen LogP contribution in [0.1, 0.15) is 76.7 Å². The summed E-state index contributed by atoms with van der Waals surface area (Å²) in [5.74, 6) is 0.300. The summed E-state index contributed by atoms with van der Waals surface area (Å²) in [6.07, 6.45) is 6.19. The van der Waals surface area contributed by atoms with Gasteiger partial charge in [-0.25, -0.2) is 4.79 Å². The summed E-state index contributed by atoms with van der Waals surface area (Å²) in [6, 6.07) is 7.61. The second-order valence-corrected chi connectivity index (χ2v) is 6.20. The summed E-state index contributed by atoms with van der Waals surface area (Å²) in [4.78, 5) is 12.2. The van der Waals surface area contributed by atoms with Crippen molar-refractivity contribution in [2.24, 2.45) is 5.92 Å². The lowest BCUT2D eigenvalue weighted by molar-refractivity contribution is -0.0384. The third-order valence-corrected chi connectivity index (χ3v) is 4.20. The van der Waals surface area contributed by atoms with Gasteiger partial charge in [-0.3, -0.25) is 0 Å². The third kappa shape index (κ3) is 5.18. The molecule has 21 heavy (non-hydrogen) atoms. The van der Waals surface area contributed by atoms with Gasteiger partial charge in [0.2, 0.25) is 0 Å². The van der Waals surface area contributed by atoms with Crippen LogP contribution < -0.4 is 0 Å². The first-order chi connectivity index (χ1) is 8.99. The Labute approximate surface area is 130 Å². The van der Waals surface area contributed by atoms with Crippen LogP contribution >= 0.6 is 0 Å². The quantitative estimate of drug-likeness (QED) is 0.660. The van der Waals surface area contributed by atoms with Gasteiger partial charge in [0.1, 0.15) is 5.60 Å². The van der Waals surface area contributed by atoms with Crippen molar-refractivity contribution in [2.75, 3.05) is 0 Å². The minimum atomic E-state index is -0.360. The largest absolute Gasteiger partial charge is 0.456 e. The van der Waals surface area contributed by atoms with E-state index in [0.717, 1.165) is 5.56 Å². The normalized spacial score (nSPS) is 15.6. The number of aryl methyl sites for hydroxylation is 1. The molecule has 0 bridgehead atoms. The van der Waals surface area contributed by atoms with Gasteiger partial charge >= 0.3 is 5.97 Å². The number of hydrogen-bond donors (Lipinski definition) is 0. The molecule has 0 atom stereocenters. The van der Waals surface area contributed by atoms with E-state index in [4.69, 9.17) is 4.74 Å². The number of carbonyl (C=O) groups excluding carboxylic acids is 1. The number of hydrogen-bond acceptors (Lipinski definition) is 2. The lowest BCUT2D eigenvalue weighted by Gasteiger charge is -2.36. The van der Waals surface area contributed by atoms with Crippen LogP contribution in [0, 0.1) is 12.8 Å². The van der Waals surface area contributed by atoms with Crippen LogP contribution in [0.2, 0.25) is 0 Å². The average Bonchev–Trinajstić information content (AvgIpc) is 2.39. The van der Waals surface area contributed by atoms with Gasteiger partial charge in [-0.05, 0) is 51.7 Å². The lowest BCUT2D eigenvalue weighted by atomic mass is 9.79. The summed E-state index contributed by atoms with van der Waals surface area (Å²) >= 11 is 0. The Kier molecular flexibility index (Phi) is 7.70. The van der Waals surface area contributed by atoms with E-state index < -0.39 is 0 Å². The molecule has 2 nitrogen and oxygen atoms in total. The molecule has 0 amide bonds. The van der Waals surface area contributed by atoms with E-state index >= 15 is 0 Å². The Bertz CT molecular complexity index is 443. The number of carbonyl (C=O) groups is 1. The topological polar surface area (TPSA) is 26.3 Å². The van der Waals surface area contributed by atoms with Crippen molar-refractivity contribution in [3.63, 3.8) is 0 Å². The molecule has 0 radical (unpaired) electrons. The third-order valence-electron chi connectivity index (χ3n) is 4.20. The molecular formula is C19H32O2. The maximum atomic E-state index is 12.2. The monoisotopic (exact) mass is 292 g/mol. The van der Waals surface area contributed by atoms with Gasteiger partial charge in [0.05, 0.1) is 5.56 Å². The maximum Gasteiger partial charge on any atom is 0.338 e. The standard InChI is InChI=1S/C17H24O2.2CH4/c1-13-8-7-9-14(12-13)16(18)19-17(2,3)15-10-5-4-6-11-15;;/h7-9,12,15H,4-6,10-11H2,1-3H3;2*1H4. The minimum Gasteiger partial charge on any atom is -0.456 e. The smallest absolute Gasteiger partial charge is 0.338 e. The molecule has 0 saturated heterocycles. The van der Waals surface area contributed by atoms with Crippen LogP contribution in [0.15, 0.2) is 24.3 Å². The van der Waals surface area contributed by atoms with Crippen LogP contribution in [0.25, 0.3) is 0 Å². The second kappa shape index (κ2) is 8.21. The molecule has 2 heteroatoms. The van der Waals surface area contributed by atoms with Gasteiger partial charge < -0.3 is 4.74 Å². The van der Waals surface area contributed by atoms with E-state index in [0.29, 0.717) is 11.5 Å². The van der Waals surface area contributed by atoms with Crippen LogP contribution in [0.3, 0.4) is 0 Å². The van der Waals surface area contributed by atoms with Crippen molar-refractivity contribution < 1.29 is 9.53 Å². The summed E-state index contributed by atoms with van der Waals surface area (Å²) in [7, 11) is 0. The van der Waals surface area contributed by atoms with Crippen LogP contribution in [-0.2, 0) is 4.74 Å². The number of benzene rings is 1. The van der Waals surface area contributed by atoms with E-state index in [2.05, 4.69) is 13.8 Å². The summed E-state index contributed by atoms with van der Waals surface area (Å²) in [5, 5.41) is 0. The first-order valence-corrected chi connectivity index (χ1v) is 7.29. The Balaban J connectivity index is 0.00000200. The van der Waals surface area contributed by atoms with E-state index in [1.54, 1.807) is 0 Å². The maximum absolute atomic E-state index is 12.2. The molecule has 0 spiro atoms. The molecule has 1 aliphatic carbocycles. The van der Waals surface area contributed by atoms with Gasteiger partial charge in [-0.2, -0.15) is 0 Å². The zero-order valence-corrected chi connectivity index (χ0v) is 12.2. The molecule has 0 unspecified atom stereocenters. The van der Waals surface area contributed by atoms with Crippen molar-refractivity contribution in [3.8, 4) is 0 Å². The van der Waals surface area contributed by atoms with Gasteiger partial charge in [0.25, 0.3) is 0 Å². The van der Waals surface area contributed by atoms with Crippen molar-refractivity contribution in [1.82, 2.24) is 0 Å². The van der Waals surface area contributed by atoms with Crippen molar-refractivity contribution in [2.45, 2.75) is 73.3 Å². The molecular weight excluding hydrogens is 260 g/mol. The van der Waals surface area contributed by atoms with Crippen molar-refractivity contribution in [1.29, 1.82) is 0 Å². The first-order valence-electron chi connectivity index (χ1n) is 7.29. The first kappa shape index (κ1) is 19.7. The zero-order valence-electron chi connectivity index (χ0n) is 12.2. The van der Waals surface area contributed by atoms with E-state index in [1.165, 1.54) is 32.1 Å². The molecule has 0 heterocycles. The Morgan fingerprint density at radius 2 is 1.76 bits per heavy atom. The highest BCUT2D eigenvalue weighted by atomic mass is 16.6. The highest BCUT2D eigenvalue weighted by Crippen LogP contribution is 2.35. The van der Waals surface area contributed by atoms with Crippen LogP contribution in [0.5, 0.6) is 0 Å². The van der Waals surface area contributed by atoms with E-state index in [9.17, 15) is 4.79 Å². The second-order valence-electron chi connectivity index (χ2n) is 6.20. The molecule has 0 N–H and O–H groups in total. The molecule has 0 aromatic heterocycles. The Morgan fingerprint density at radius 1 is 1.14 bits per heavy atom. The van der Waals surface area contributed by atoms with Crippen molar-refractivity contribution in [3.05, 3.63) is 35.4 Å². The predicted molar refractivity (Wildman–Crippen MR) is 90.7 cm³/mol. The predicted octanol–water partition coefficient (Wildman–Crippen LogP) is 5.78. The molecule has 1 aromatic carbocycles. The molecule has 1 aromatic rings. The molecule has 0 aliphatic heterocycles. The molecule has 2 rings (SSSR count). The number of ether oxygens (including phenoxy) is 1. The molecule has 1 aliphatic rings. The minimum absolute atomic E-state index is 0. The Morgan fingerprint density at radius 3 is 2.33 bits per heavy atom. The fourth-order valence-corrected chi connectivity index (χ4v) is 2.95. The fraction of sp³-hybridized carbons (Fsp3) is 0.632. The number of rotatable bonds is 3. The molecule has 120 valence electrons. The lowest BCUT2D eigenvalue weighted by Crippen LogP contribution is -2.37. The summed E-state index contributed by atoms with van der Waals surface area (Å²) in [5.41, 5.74) is 1.38. The van der Waals surface area contributed by atoms with Gasteiger partial charge in [-0.1, -0.05) is 51.8 Å². The SMILES string of the molecule is C.C.Cc1cccc(C(=O)OC(C)(C)C2CCCCC2)c1. The Hall–Kier alpha value is -1.31. The highest BCUT2D eigenvalue weighted by Gasteiger charge is 2.34. The number of esters is 1. The van der Waals surface area contributed by atoms with Crippen LogP contribution in [-0.4, -0.2) is 11.6 Å². The fourth-order valence-electron chi connectivity index (χ4n) is 2.95. The van der Waals surface area contributed by atoms with Gasteiger partial charge in [0.15, 0.2) is 0 Å². The van der Waals surface area contributed by atoms with Gasteiger partial charge in [-0.15, -0.1) is 0 Å². The highest BCUT2D eigenvalue weighted by molar-refractivity contribution is 5.89. The summed E-state index contributed by atoms with van der Waals surface area (Å²) < 4.78 is 5.78. The molecule has 1 fully saturated rings. The van der Waals surface area contributed by atoms with Crippen molar-refractivity contribution >= 4 is 5.97 Å². The van der Waals surface area contributed by atoms with Crippen LogP contribution in [0.4, 0.5) is 0 Å². The average molecular weight is 292 g/mol. The van der Waals surface area contributed by atoms with E-state index in [1.807, 2.05) is 31.2 Å².